The third-order valence-corrected chi connectivity index (χ3v) is 3.92. The number of phenols is 1. The maximum atomic E-state index is 12.0. The number of amides is 1. The van der Waals surface area contributed by atoms with Crippen LogP contribution >= 0.6 is 27.5 Å². The lowest BCUT2D eigenvalue weighted by Crippen LogP contribution is -2.03. The number of hydrogen-bond acceptors (Lipinski definition) is 2. The lowest BCUT2D eigenvalue weighted by Gasteiger charge is -2.01. The largest absolute Gasteiger partial charge is 0.507 e. The lowest BCUT2D eigenvalue weighted by atomic mass is 10.0. The van der Waals surface area contributed by atoms with E-state index in [9.17, 15) is 9.90 Å². The predicted molar refractivity (Wildman–Crippen MR) is 83.8 cm³/mol. The maximum Gasteiger partial charge on any atom is 0.256 e. The fourth-order valence-electron chi connectivity index (χ4n) is 2.08. The molecule has 0 atom stereocenters. The number of aromatic hydroxyl groups is 1. The highest BCUT2D eigenvalue weighted by Gasteiger charge is 2.24. The molecule has 1 heterocycles. The molecule has 0 saturated carbocycles. The first-order valence-corrected chi connectivity index (χ1v) is 7.03. The van der Waals surface area contributed by atoms with Gasteiger partial charge in [-0.15, -0.1) is 0 Å². The lowest BCUT2D eigenvalue weighted by molar-refractivity contribution is -0.110. The number of carbonyl (C=O) groups is 1. The molecule has 0 spiro atoms. The molecule has 1 amide bonds. The summed E-state index contributed by atoms with van der Waals surface area (Å²) in [4.78, 5) is 12.0. The van der Waals surface area contributed by atoms with E-state index in [0.717, 1.165) is 16.8 Å². The van der Waals surface area contributed by atoms with E-state index in [2.05, 4.69) is 21.2 Å². The van der Waals surface area contributed by atoms with Crippen molar-refractivity contribution in [3.05, 3.63) is 57.0 Å². The zero-order valence-corrected chi connectivity index (χ0v) is 12.5. The number of phenolic OH excluding ortho intramolecular Hbond substituents is 1. The fourth-order valence-corrected chi connectivity index (χ4v) is 2.65. The Labute approximate surface area is 129 Å². The molecular weight excluding hydrogens is 342 g/mol. The van der Waals surface area contributed by atoms with Crippen molar-refractivity contribution in [2.75, 3.05) is 5.32 Å². The number of rotatable bonds is 1. The van der Waals surface area contributed by atoms with Gasteiger partial charge in [-0.1, -0.05) is 17.7 Å². The summed E-state index contributed by atoms with van der Waals surface area (Å²) in [5, 5.41) is 12.9. The third-order valence-electron chi connectivity index (χ3n) is 3.05. The minimum Gasteiger partial charge on any atom is -0.507 e. The number of hydrogen-bond donors (Lipinski definition) is 2. The van der Waals surface area contributed by atoms with Crippen LogP contribution in [-0.2, 0) is 4.79 Å². The van der Waals surface area contributed by atoms with Gasteiger partial charge in [0.05, 0.1) is 4.47 Å². The molecule has 2 N–H and O–H groups in total. The molecule has 0 unspecified atom stereocenters. The third kappa shape index (κ3) is 2.32. The van der Waals surface area contributed by atoms with Crippen LogP contribution in [0.2, 0.25) is 5.02 Å². The number of anilines is 1. The molecule has 100 valence electrons. The van der Waals surface area contributed by atoms with Gasteiger partial charge in [0.2, 0.25) is 0 Å². The van der Waals surface area contributed by atoms with E-state index in [0.29, 0.717) is 15.1 Å². The highest BCUT2D eigenvalue weighted by atomic mass is 79.9. The van der Waals surface area contributed by atoms with E-state index in [-0.39, 0.29) is 11.7 Å². The van der Waals surface area contributed by atoms with E-state index in [1.807, 2.05) is 0 Å². The van der Waals surface area contributed by atoms with Gasteiger partial charge >= 0.3 is 0 Å². The van der Waals surface area contributed by atoms with Gasteiger partial charge in [0.15, 0.2) is 0 Å². The normalized spacial score (nSPS) is 15.3. The van der Waals surface area contributed by atoms with E-state index in [1.165, 1.54) is 0 Å². The molecule has 0 aromatic heterocycles. The van der Waals surface area contributed by atoms with Gasteiger partial charge in [-0.25, -0.2) is 0 Å². The van der Waals surface area contributed by atoms with Crippen molar-refractivity contribution in [2.24, 2.45) is 0 Å². The van der Waals surface area contributed by atoms with Crippen molar-refractivity contribution in [3.8, 4) is 5.75 Å². The standard InChI is InChI=1S/C15H9BrClNO2/c16-12-6-8(1-4-14(12)19)5-11-10-7-9(17)2-3-13(10)18-15(11)20/h1-7,19H,(H,18,20)/b11-5+. The Bertz CT molecular complexity index is 756. The highest BCUT2D eigenvalue weighted by Crippen LogP contribution is 2.35. The molecule has 0 bridgehead atoms. The molecule has 2 aromatic carbocycles. The molecule has 0 saturated heterocycles. The average molecular weight is 351 g/mol. The Morgan fingerprint density at radius 3 is 2.75 bits per heavy atom. The van der Waals surface area contributed by atoms with Crippen LogP contribution in [0.5, 0.6) is 5.75 Å². The van der Waals surface area contributed by atoms with Crippen molar-refractivity contribution in [3.63, 3.8) is 0 Å². The second kappa shape index (κ2) is 4.96. The number of nitrogens with one attached hydrogen (secondary N) is 1. The molecule has 0 fully saturated rings. The van der Waals surface area contributed by atoms with E-state index >= 15 is 0 Å². The Hall–Kier alpha value is -1.78. The quantitative estimate of drug-likeness (QED) is 0.753. The minimum absolute atomic E-state index is 0.159. The van der Waals surface area contributed by atoms with Gasteiger partial charge in [-0.3, -0.25) is 4.79 Å². The van der Waals surface area contributed by atoms with Crippen molar-refractivity contribution >= 4 is 50.8 Å². The van der Waals surface area contributed by atoms with Gasteiger partial charge in [0, 0.05) is 21.8 Å². The summed E-state index contributed by atoms with van der Waals surface area (Å²) in [6, 6.07) is 10.3. The zero-order chi connectivity index (χ0) is 14.3. The molecule has 20 heavy (non-hydrogen) atoms. The summed E-state index contributed by atoms with van der Waals surface area (Å²) >= 11 is 9.23. The first-order chi connectivity index (χ1) is 9.54. The Balaban J connectivity index is 2.10. The van der Waals surface area contributed by atoms with Gasteiger partial charge < -0.3 is 10.4 Å². The summed E-state index contributed by atoms with van der Waals surface area (Å²) in [5.41, 5.74) is 2.91. The van der Waals surface area contributed by atoms with E-state index in [1.54, 1.807) is 42.5 Å². The van der Waals surface area contributed by atoms with E-state index < -0.39 is 0 Å². The van der Waals surface area contributed by atoms with Crippen LogP contribution in [0.1, 0.15) is 11.1 Å². The SMILES string of the molecule is O=C1Nc2ccc(Cl)cc2/C1=C\c1ccc(O)c(Br)c1. The van der Waals surface area contributed by atoms with Crippen LogP contribution in [0.3, 0.4) is 0 Å². The van der Waals surface area contributed by atoms with Crippen LogP contribution in [0.25, 0.3) is 11.6 Å². The fraction of sp³-hybridized carbons (Fsp3) is 0. The molecule has 5 heteroatoms. The number of fused-ring (bicyclic) bond motifs is 1. The number of benzene rings is 2. The molecule has 3 rings (SSSR count). The van der Waals surface area contributed by atoms with E-state index in [4.69, 9.17) is 11.6 Å². The Morgan fingerprint density at radius 1 is 1.20 bits per heavy atom. The van der Waals surface area contributed by atoms with Crippen LogP contribution in [-0.4, -0.2) is 11.0 Å². The van der Waals surface area contributed by atoms with Crippen molar-refractivity contribution in [2.45, 2.75) is 0 Å². The molecule has 1 aliphatic rings. The van der Waals surface area contributed by atoms with Crippen molar-refractivity contribution < 1.29 is 9.90 Å². The van der Waals surface area contributed by atoms with Crippen LogP contribution in [0.15, 0.2) is 40.9 Å². The van der Waals surface area contributed by atoms with Gasteiger partial charge in [-0.2, -0.15) is 0 Å². The maximum absolute atomic E-state index is 12.0. The first kappa shape index (κ1) is 13.2. The predicted octanol–water partition coefficient (Wildman–Crippen LogP) is 4.30. The van der Waals surface area contributed by atoms with Crippen molar-refractivity contribution in [1.29, 1.82) is 0 Å². The summed E-state index contributed by atoms with van der Waals surface area (Å²) in [5.74, 6) is -0.00191. The number of halogens is 2. The summed E-state index contributed by atoms with van der Waals surface area (Å²) in [6.07, 6.45) is 1.77. The summed E-state index contributed by atoms with van der Waals surface area (Å²) < 4.78 is 0.580. The molecule has 0 aliphatic carbocycles. The topological polar surface area (TPSA) is 49.3 Å². The first-order valence-electron chi connectivity index (χ1n) is 5.86. The zero-order valence-electron chi connectivity index (χ0n) is 10.2. The Morgan fingerprint density at radius 2 is 2.00 bits per heavy atom. The Kier molecular flexibility index (Phi) is 3.28. The summed E-state index contributed by atoms with van der Waals surface area (Å²) in [7, 11) is 0. The van der Waals surface area contributed by atoms with Crippen LogP contribution in [0, 0.1) is 0 Å². The average Bonchev–Trinajstić information content (AvgIpc) is 2.70. The molecule has 2 aromatic rings. The second-order valence-corrected chi connectivity index (χ2v) is 5.70. The van der Waals surface area contributed by atoms with Gasteiger partial charge in [0.1, 0.15) is 5.75 Å². The molecule has 0 radical (unpaired) electrons. The monoisotopic (exact) mass is 349 g/mol. The minimum atomic E-state index is -0.161. The summed E-state index contributed by atoms with van der Waals surface area (Å²) in [6.45, 7) is 0. The van der Waals surface area contributed by atoms with Crippen LogP contribution in [0.4, 0.5) is 5.69 Å². The van der Waals surface area contributed by atoms with Gasteiger partial charge in [-0.05, 0) is 57.9 Å². The van der Waals surface area contributed by atoms with Gasteiger partial charge in [0.25, 0.3) is 5.91 Å². The molecular formula is C15H9BrClNO2. The molecule has 1 aliphatic heterocycles. The van der Waals surface area contributed by atoms with Crippen molar-refractivity contribution in [1.82, 2.24) is 0 Å². The highest BCUT2D eigenvalue weighted by molar-refractivity contribution is 9.10. The smallest absolute Gasteiger partial charge is 0.256 e. The number of carbonyl (C=O) groups excluding carboxylic acids is 1. The second-order valence-electron chi connectivity index (χ2n) is 4.41. The molecule has 3 nitrogen and oxygen atoms in total. The van der Waals surface area contributed by atoms with Crippen LogP contribution < -0.4 is 5.32 Å².